The number of nitrogens with zero attached hydrogens (tertiary/aromatic N) is 1. The number of rotatable bonds is 5. The van der Waals surface area contributed by atoms with Crippen molar-refractivity contribution in [3.63, 3.8) is 0 Å². The van der Waals surface area contributed by atoms with E-state index in [0.717, 1.165) is 5.56 Å². The van der Waals surface area contributed by atoms with Crippen molar-refractivity contribution >= 4 is 16.0 Å². The molecule has 0 bridgehead atoms. The van der Waals surface area contributed by atoms with Crippen LogP contribution in [0.1, 0.15) is 38.7 Å². The van der Waals surface area contributed by atoms with Crippen LogP contribution in [-0.2, 0) is 19.6 Å². The van der Waals surface area contributed by atoms with Crippen LogP contribution in [0.4, 0.5) is 0 Å². The lowest BCUT2D eigenvalue weighted by Gasteiger charge is -2.39. The summed E-state index contributed by atoms with van der Waals surface area (Å²) in [7, 11) is -2.42. The minimum absolute atomic E-state index is 0.0398. The molecule has 6 nitrogen and oxygen atoms in total. The highest BCUT2D eigenvalue weighted by atomic mass is 32.2. The maximum Gasteiger partial charge on any atom is 0.311 e. The van der Waals surface area contributed by atoms with Gasteiger partial charge in [0.1, 0.15) is 0 Å². The number of methoxy groups -OCH3 is 1. The third kappa shape index (κ3) is 4.40. The van der Waals surface area contributed by atoms with Gasteiger partial charge in [0.25, 0.3) is 0 Å². The molecule has 140 valence electrons. The quantitative estimate of drug-likeness (QED) is 0.804. The van der Waals surface area contributed by atoms with Crippen LogP contribution in [0, 0.1) is 12.3 Å². The first kappa shape index (κ1) is 19.9. The second-order valence-electron chi connectivity index (χ2n) is 7.35. The molecular formula is C18H27NO5S. The summed E-state index contributed by atoms with van der Waals surface area (Å²) in [5.41, 5.74) is 0.170. The van der Waals surface area contributed by atoms with Gasteiger partial charge >= 0.3 is 5.97 Å². The summed E-state index contributed by atoms with van der Waals surface area (Å²) in [5, 5.41) is 10.0. The zero-order valence-electron chi connectivity index (χ0n) is 15.2. The molecule has 0 radical (unpaired) electrons. The molecule has 0 amide bonds. The smallest absolute Gasteiger partial charge is 0.311 e. The summed E-state index contributed by atoms with van der Waals surface area (Å²) in [6.45, 7) is 5.43. The van der Waals surface area contributed by atoms with E-state index >= 15 is 0 Å². The molecule has 0 saturated carbocycles. The molecule has 1 N–H and O–H groups in total. The minimum atomic E-state index is -3.74. The zero-order valence-corrected chi connectivity index (χ0v) is 16.0. The molecule has 25 heavy (non-hydrogen) atoms. The number of carbonyl (C=O) groups excluding carboxylic acids is 1. The fourth-order valence-electron chi connectivity index (χ4n) is 3.27. The molecule has 1 heterocycles. The maximum atomic E-state index is 13.1. The normalized spacial score (nSPS) is 22.6. The van der Waals surface area contributed by atoms with Crippen LogP contribution in [0.15, 0.2) is 29.2 Å². The third-order valence-corrected chi connectivity index (χ3v) is 6.68. The van der Waals surface area contributed by atoms with Crippen molar-refractivity contribution in [2.24, 2.45) is 5.41 Å². The molecule has 1 fully saturated rings. The maximum absolute atomic E-state index is 13.1. The number of aliphatic hydroxyl groups is 1. The molecule has 0 aromatic heterocycles. The Morgan fingerprint density at radius 1 is 1.28 bits per heavy atom. The van der Waals surface area contributed by atoms with Gasteiger partial charge in [-0.3, -0.25) is 4.79 Å². The van der Waals surface area contributed by atoms with Crippen molar-refractivity contribution in [2.45, 2.75) is 57.1 Å². The van der Waals surface area contributed by atoms with E-state index in [1.165, 1.54) is 11.4 Å². The van der Waals surface area contributed by atoms with E-state index in [0.29, 0.717) is 19.3 Å². The Bertz CT molecular complexity index is 711. The first-order valence-electron chi connectivity index (χ1n) is 8.43. The number of benzene rings is 1. The summed E-state index contributed by atoms with van der Waals surface area (Å²) >= 11 is 0. The SMILES string of the molecule is COC(=O)C(C)(C)C[C@@H]1CC[C@@H](O)CN1S(=O)(=O)c1ccc(C)cc1. The van der Waals surface area contributed by atoms with Crippen molar-refractivity contribution in [2.75, 3.05) is 13.7 Å². The van der Waals surface area contributed by atoms with Crippen molar-refractivity contribution in [3.8, 4) is 0 Å². The van der Waals surface area contributed by atoms with Gasteiger partial charge in [0.05, 0.1) is 23.5 Å². The lowest BCUT2D eigenvalue weighted by molar-refractivity contribution is -0.152. The van der Waals surface area contributed by atoms with Crippen LogP contribution in [0.25, 0.3) is 0 Å². The molecular weight excluding hydrogens is 342 g/mol. The number of hydrogen-bond donors (Lipinski definition) is 1. The molecule has 1 aliphatic heterocycles. The number of piperidine rings is 1. The molecule has 2 atom stereocenters. The fourth-order valence-corrected chi connectivity index (χ4v) is 4.96. The van der Waals surface area contributed by atoms with E-state index < -0.39 is 21.5 Å². The Balaban J connectivity index is 2.33. The molecule has 0 spiro atoms. The van der Waals surface area contributed by atoms with Gasteiger partial charge in [-0.2, -0.15) is 4.31 Å². The first-order valence-corrected chi connectivity index (χ1v) is 9.87. The lowest BCUT2D eigenvalue weighted by Crippen LogP contribution is -2.50. The summed E-state index contributed by atoms with van der Waals surface area (Å²) in [5.74, 6) is -0.369. The van der Waals surface area contributed by atoms with Crippen molar-refractivity contribution < 1.29 is 23.1 Å². The van der Waals surface area contributed by atoms with Crippen LogP contribution < -0.4 is 0 Å². The van der Waals surface area contributed by atoms with E-state index in [1.54, 1.807) is 38.1 Å². The van der Waals surface area contributed by atoms with E-state index in [9.17, 15) is 18.3 Å². The monoisotopic (exact) mass is 369 g/mol. The number of β-amino-alcohol motifs (C(OH)–C–C–N with tert-alkyl or cyclic N) is 1. The predicted octanol–water partition coefficient (Wildman–Crippen LogP) is 2.10. The Kier molecular flexibility index (Phi) is 5.91. The first-order chi connectivity index (χ1) is 11.6. The van der Waals surface area contributed by atoms with E-state index in [1.807, 2.05) is 6.92 Å². The largest absolute Gasteiger partial charge is 0.469 e. The number of aryl methyl sites for hydroxylation is 1. The summed E-state index contributed by atoms with van der Waals surface area (Å²) in [6, 6.07) is 6.30. The zero-order chi connectivity index (χ0) is 18.8. The van der Waals surface area contributed by atoms with Crippen molar-refractivity contribution in [3.05, 3.63) is 29.8 Å². The third-order valence-electron chi connectivity index (χ3n) is 4.74. The molecule has 1 saturated heterocycles. The summed E-state index contributed by atoms with van der Waals surface area (Å²) < 4.78 is 32.3. The Labute approximate surface area is 149 Å². The highest BCUT2D eigenvalue weighted by Crippen LogP contribution is 2.34. The molecule has 0 unspecified atom stereocenters. The standard InChI is InChI=1S/C18H27NO5S/c1-13-5-9-16(10-6-13)25(22,23)19-12-15(20)8-7-14(19)11-18(2,3)17(21)24-4/h5-6,9-10,14-15,20H,7-8,11-12H2,1-4H3/t14-,15+/m0/s1. The number of aliphatic hydroxyl groups excluding tert-OH is 1. The van der Waals surface area contributed by atoms with Crippen LogP contribution in [0.3, 0.4) is 0 Å². The second kappa shape index (κ2) is 7.43. The van der Waals surface area contributed by atoms with Crippen LogP contribution in [-0.4, -0.2) is 49.6 Å². The summed E-state index contributed by atoms with van der Waals surface area (Å²) in [6.07, 6.45) is 0.671. The number of ether oxygens (including phenoxy) is 1. The second-order valence-corrected chi connectivity index (χ2v) is 9.24. The van der Waals surface area contributed by atoms with Crippen LogP contribution in [0.5, 0.6) is 0 Å². The van der Waals surface area contributed by atoms with Gasteiger partial charge in [0, 0.05) is 12.6 Å². The number of hydrogen-bond acceptors (Lipinski definition) is 5. The Hall–Kier alpha value is -1.44. The Morgan fingerprint density at radius 2 is 1.88 bits per heavy atom. The highest BCUT2D eigenvalue weighted by molar-refractivity contribution is 7.89. The Morgan fingerprint density at radius 3 is 2.44 bits per heavy atom. The van der Waals surface area contributed by atoms with Gasteiger partial charge in [0.2, 0.25) is 10.0 Å². The highest BCUT2D eigenvalue weighted by Gasteiger charge is 2.41. The van der Waals surface area contributed by atoms with Crippen molar-refractivity contribution in [1.29, 1.82) is 0 Å². The van der Waals surface area contributed by atoms with Crippen molar-refractivity contribution in [1.82, 2.24) is 4.31 Å². The molecule has 1 aromatic rings. The van der Waals surface area contributed by atoms with Gasteiger partial charge < -0.3 is 9.84 Å². The molecule has 2 rings (SSSR count). The molecule has 0 aliphatic carbocycles. The number of carbonyl (C=O) groups is 1. The van der Waals surface area contributed by atoms with Crippen LogP contribution in [0.2, 0.25) is 0 Å². The fraction of sp³-hybridized carbons (Fsp3) is 0.611. The molecule has 7 heteroatoms. The van der Waals surface area contributed by atoms with E-state index in [2.05, 4.69) is 0 Å². The average molecular weight is 369 g/mol. The van der Waals surface area contributed by atoms with E-state index in [-0.39, 0.29) is 23.5 Å². The average Bonchev–Trinajstić information content (AvgIpc) is 2.55. The minimum Gasteiger partial charge on any atom is -0.469 e. The number of esters is 1. The van der Waals surface area contributed by atoms with Gasteiger partial charge in [-0.25, -0.2) is 8.42 Å². The van der Waals surface area contributed by atoms with Gasteiger partial charge in [0.15, 0.2) is 0 Å². The molecule has 1 aromatic carbocycles. The van der Waals surface area contributed by atoms with Gasteiger partial charge in [-0.1, -0.05) is 17.7 Å². The van der Waals surface area contributed by atoms with E-state index in [4.69, 9.17) is 4.74 Å². The van der Waals surface area contributed by atoms with Gasteiger partial charge in [-0.15, -0.1) is 0 Å². The number of sulfonamides is 1. The topological polar surface area (TPSA) is 83.9 Å². The predicted molar refractivity (Wildman–Crippen MR) is 94.5 cm³/mol. The van der Waals surface area contributed by atoms with Crippen LogP contribution >= 0.6 is 0 Å². The van der Waals surface area contributed by atoms with Gasteiger partial charge in [-0.05, 0) is 52.2 Å². The molecule has 1 aliphatic rings. The lowest BCUT2D eigenvalue weighted by atomic mass is 9.83. The summed E-state index contributed by atoms with van der Waals surface area (Å²) in [4.78, 5) is 12.2.